The molecule has 0 unspecified atom stereocenters. The van der Waals surface area contributed by atoms with Crippen LogP contribution in [0.25, 0.3) is 0 Å². The van der Waals surface area contributed by atoms with Gasteiger partial charge in [0, 0.05) is 0 Å². The molecular weight excluding hydrogens is 174 g/mol. The van der Waals surface area contributed by atoms with Gasteiger partial charge in [0.15, 0.2) is 0 Å². The molecule has 0 aliphatic rings. The molecule has 0 saturated heterocycles. The van der Waals surface area contributed by atoms with Crippen molar-refractivity contribution in [1.29, 1.82) is 0 Å². The molecule has 0 radical (unpaired) electrons. The van der Waals surface area contributed by atoms with Crippen LogP contribution in [0.4, 0.5) is 0 Å². The minimum atomic E-state index is 0. The first kappa shape index (κ1) is 39.9. The summed E-state index contributed by atoms with van der Waals surface area (Å²) in [7, 11) is 0. The van der Waals surface area contributed by atoms with Gasteiger partial charge in [-0.05, 0) is 0 Å². The Morgan fingerprint density at radius 2 is 0.750 bits per heavy atom. The van der Waals surface area contributed by atoms with E-state index < -0.39 is 0 Å². The fraction of sp³-hybridized carbons (Fsp3) is 0. The molecule has 0 heterocycles. The number of halogens is 2. The Morgan fingerprint density at radius 1 is 0.750 bits per heavy atom. The summed E-state index contributed by atoms with van der Waals surface area (Å²) in [6, 6.07) is 0. The van der Waals surface area contributed by atoms with E-state index in [4.69, 9.17) is 0 Å². The Kier molecular flexibility index (Phi) is 208. The number of rotatable bonds is 0. The molecule has 4 heavy (non-hydrogen) atoms. The van der Waals surface area contributed by atoms with Crippen LogP contribution in [-0.2, 0) is 0 Å². The third-order valence-corrected chi connectivity index (χ3v) is 0. The first-order chi connectivity index (χ1) is 0. The molecular formula is H2Cl2MgSe. The van der Waals surface area contributed by atoms with Gasteiger partial charge in [-0.3, -0.25) is 0 Å². The van der Waals surface area contributed by atoms with Crippen molar-refractivity contribution in [3.05, 3.63) is 0 Å². The van der Waals surface area contributed by atoms with E-state index >= 15 is 0 Å². The summed E-state index contributed by atoms with van der Waals surface area (Å²) in [5, 5.41) is 0. The molecule has 0 aromatic rings. The topological polar surface area (TPSA) is 0 Å². The van der Waals surface area contributed by atoms with Gasteiger partial charge in [0.1, 0.15) is 0 Å². The first-order valence-electron chi connectivity index (χ1n) is 0. The van der Waals surface area contributed by atoms with E-state index in [1.807, 2.05) is 0 Å². The molecule has 0 N–H and O–H groups in total. The fourth-order valence-electron chi connectivity index (χ4n) is 0. The summed E-state index contributed by atoms with van der Waals surface area (Å²) in [6.07, 6.45) is 0. The zero-order valence-corrected chi connectivity index (χ0v) is 6.99. The fourth-order valence-corrected chi connectivity index (χ4v) is 0. The van der Waals surface area contributed by atoms with Gasteiger partial charge in [-0.2, -0.15) is 0 Å². The van der Waals surface area contributed by atoms with Gasteiger partial charge in [0.05, 0.1) is 0 Å². The van der Waals surface area contributed by atoms with Gasteiger partial charge in [-0.15, -0.1) is 0 Å². The average Bonchev–Trinajstić information content (AvgIpc) is 0. The van der Waals surface area contributed by atoms with Gasteiger partial charge in [-0.1, -0.05) is 0 Å². The molecule has 4 heteroatoms. The van der Waals surface area contributed by atoms with Crippen LogP contribution in [-0.4, -0.2) is 40.1 Å². The van der Waals surface area contributed by atoms with E-state index in [-0.39, 0.29) is 64.9 Å². The molecule has 0 spiro atoms. The predicted molar refractivity (Wildman–Crippen MR) is 14.3 cm³/mol. The molecule has 0 nitrogen and oxygen atoms in total. The van der Waals surface area contributed by atoms with Crippen molar-refractivity contribution in [3.63, 3.8) is 0 Å². The van der Waals surface area contributed by atoms with Crippen LogP contribution in [0.2, 0.25) is 0 Å². The van der Waals surface area contributed by atoms with Crippen molar-refractivity contribution in [2.24, 2.45) is 0 Å². The van der Waals surface area contributed by atoms with Crippen molar-refractivity contribution in [2.75, 3.05) is 0 Å². The summed E-state index contributed by atoms with van der Waals surface area (Å²) < 4.78 is 0. The van der Waals surface area contributed by atoms with Crippen LogP contribution < -0.4 is 24.8 Å². The maximum absolute atomic E-state index is 0. The SMILES string of the molecule is [Cl-].[Cl-].[Mg+2].[SeH2]. The Bertz CT molecular complexity index is 6.00. The summed E-state index contributed by atoms with van der Waals surface area (Å²) in [4.78, 5) is 0. The van der Waals surface area contributed by atoms with Gasteiger partial charge < -0.3 is 24.8 Å². The van der Waals surface area contributed by atoms with Gasteiger partial charge in [0.2, 0.25) is 0 Å². The standard InChI is InChI=1S/2ClH.Mg.H2Se/h2*1H;;1H2/q;;+2;/p-2. The molecule has 0 aromatic carbocycles. The zero-order chi connectivity index (χ0) is 0. The zero-order valence-electron chi connectivity index (χ0n) is 1.96. The molecule has 24 valence electrons. The molecule has 0 atom stereocenters. The summed E-state index contributed by atoms with van der Waals surface area (Å²) in [6.45, 7) is 0. The van der Waals surface area contributed by atoms with Crippen molar-refractivity contribution in [1.82, 2.24) is 0 Å². The summed E-state index contributed by atoms with van der Waals surface area (Å²) >= 11 is 0. The number of hydrogen-bond acceptors (Lipinski definition) is 0. The van der Waals surface area contributed by atoms with Crippen molar-refractivity contribution in [3.8, 4) is 0 Å². The Morgan fingerprint density at radius 3 is 0.750 bits per heavy atom. The van der Waals surface area contributed by atoms with E-state index in [1.54, 1.807) is 0 Å². The van der Waals surface area contributed by atoms with Gasteiger partial charge in [0.25, 0.3) is 0 Å². The van der Waals surface area contributed by atoms with E-state index in [0.29, 0.717) is 0 Å². The normalized spacial score (nSPS) is 0. The van der Waals surface area contributed by atoms with Crippen molar-refractivity contribution in [2.45, 2.75) is 0 Å². The Balaban J connectivity index is 0. The van der Waals surface area contributed by atoms with E-state index in [2.05, 4.69) is 0 Å². The molecule has 0 rings (SSSR count). The Labute approximate surface area is 64.5 Å². The molecule has 0 bridgehead atoms. The van der Waals surface area contributed by atoms with Crippen LogP contribution in [0.1, 0.15) is 0 Å². The molecule has 0 aromatic heterocycles. The molecule has 0 aliphatic carbocycles. The van der Waals surface area contributed by atoms with E-state index in [1.165, 1.54) is 0 Å². The predicted octanol–water partition coefficient (Wildman–Crippen LogP) is -7.29. The van der Waals surface area contributed by atoms with Crippen LogP contribution in [0, 0.1) is 0 Å². The molecule has 0 saturated carbocycles. The van der Waals surface area contributed by atoms with Gasteiger partial charge >= 0.3 is 40.1 Å². The second-order valence-corrected chi connectivity index (χ2v) is 0. The average molecular weight is 176 g/mol. The van der Waals surface area contributed by atoms with Crippen LogP contribution >= 0.6 is 0 Å². The number of hydrogen-bond donors (Lipinski definition) is 0. The van der Waals surface area contributed by atoms with Crippen LogP contribution in [0.5, 0.6) is 0 Å². The van der Waals surface area contributed by atoms with Crippen molar-refractivity contribution >= 4 is 40.1 Å². The van der Waals surface area contributed by atoms with Crippen LogP contribution in [0.3, 0.4) is 0 Å². The third-order valence-electron chi connectivity index (χ3n) is 0. The molecule has 0 aliphatic heterocycles. The quantitative estimate of drug-likeness (QED) is 0.322. The summed E-state index contributed by atoms with van der Waals surface area (Å²) in [5.41, 5.74) is 0. The van der Waals surface area contributed by atoms with Gasteiger partial charge in [-0.25, -0.2) is 0 Å². The Hall–Kier alpha value is 1.87. The molecule has 0 fully saturated rings. The van der Waals surface area contributed by atoms with E-state index in [0.717, 1.165) is 0 Å². The van der Waals surface area contributed by atoms with Crippen molar-refractivity contribution < 1.29 is 24.8 Å². The first-order valence-corrected chi connectivity index (χ1v) is 0. The summed E-state index contributed by atoms with van der Waals surface area (Å²) in [5.74, 6) is 0. The maximum atomic E-state index is 0. The minimum absolute atomic E-state index is 0. The second kappa shape index (κ2) is 20.9. The third kappa shape index (κ3) is 9.12. The molecule has 0 amide bonds. The van der Waals surface area contributed by atoms with E-state index in [9.17, 15) is 0 Å². The second-order valence-electron chi connectivity index (χ2n) is 0. The monoisotopic (exact) mass is 176 g/mol. The van der Waals surface area contributed by atoms with Crippen LogP contribution in [0.15, 0.2) is 0 Å².